The number of aliphatic hydroxyl groups is 1. The minimum atomic E-state index is -1.48. The Morgan fingerprint density at radius 2 is 1.29 bits per heavy atom. The van der Waals surface area contributed by atoms with E-state index < -0.39 is 17.5 Å². The molecule has 1 atom stereocenters. The molecule has 1 unspecified atom stereocenters. The molecule has 0 saturated heterocycles. The summed E-state index contributed by atoms with van der Waals surface area (Å²) in [4.78, 5) is 22.9. The molecule has 0 aromatic heterocycles. The molecule has 5 heteroatoms. The summed E-state index contributed by atoms with van der Waals surface area (Å²) in [6.07, 6.45) is 12.5. The minimum absolute atomic E-state index is 0.103. The van der Waals surface area contributed by atoms with Crippen molar-refractivity contribution in [2.45, 2.75) is 103 Å². The quantitative estimate of drug-likeness (QED) is 0.319. The molecule has 0 aromatic carbocycles. The molecule has 0 bridgehead atoms. The fourth-order valence-corrected chi connectivity index (χ4v) is 3.02. The second-order valence-corrected chi connectivity index (χ2v) is 6.65. The average Bonchev–Trinajstić information content (AvgIpc) is 2.53. The molecule has 0 aliphatic rings. The highest BCUT2D eigenvalue weighted by molar-refractivity contribution is 5.81. The number of aliphatic hydroxyl groups excluding tert-OH is 1. The molecule has 0 spiro atoms. The third kappa shape index (κ3) is 10.6. The van der Waals surface area contributed by atoms with Crippen LogP contribution in [-0.4, -0.2) is 34.4 Å². The lowest BCUT2D eigenvalue weighted by atomic mass is 9.90. The summed E-state index contributed by atoms with van der Waals surface area (Å²) in [5.74, 6) is -1.69. The molecule has 24 heavy (non-hydrogen) atoms. The maximum atomic E-state index is 11.6. The number of carbonyl (C=O) groups excluding carboxylic acids is 1. The standard InChI is InChI=1S/C19H36O5/c1-3-4-5-6-7-8-9-10-11-12-14-19(18(22)23,15-13-16-20)24-17(2)21/h20H,3-16H2,1-2H3,(H,22,23). The second-order valence-electron chi connectivity index (χ2n) is 6.65. The number of esters is 1. The first kappa shape index (κ1) is 22.9. The SMILES string of the molecule is CCCCCCCCCCCCC(CCCO)(OC(C)=O)C(=O)O. The van der Waals surface area contributed by atoms with E-state index >= 15 is 0 Å². The molecule has 0 amide bonds. The first-order valence-corrected chi connectivity index (χ1v) is 9.52. The lowest BCUT2D eigenvalue weighted by molar-refractivity contribution is -0.179. The number of unbranched alkanes of at least 4 members (excludes halogenated alkanes) is 9. The van der Waals surface area contributed by atoms with Crippen LogP contribution in [0.25, 0.3) is 0 Å². The number of aliphatic carboxylic acids is 1. The van der Waals surface area contributed by atoms with Gasteiger partial charge in [-0.25, -0.2) is 4.79 Å². The van der Waals surface area contributed by atoms with Crippen LogP contribution in [-0.2, 0) is 14.3 Å². The first-order chi connectivity index (χ1) is 11.5. The molecule has 2 N–H and O–H groups in total. The molecule has 0 rings (SSSR count). The van der Waals surface area contributed by atoms with Gasteiger partial charge in [-0.15, -0.1) is 0 Å². The monoisotopic (exact) mass is 344 g/mol. The van der Waals surface area contributed by atoms with Crippen molar-refractivity contribution in [1.82, 2.24) is 0 Å². The molecule has 0 fully saturated rings. The highest BCUT2D eigenvalue weighted by Crippen LogP contribution is 2.27. The zero-order valence-corrected chi connectivity index (χ0v) is 15.5. The van der Waals surface area contributed by atoms with E-state index in [-0.39, 0.29) is 13.0 Å². The van der Waals surface area contributed by atoms with Crippen molar-refractivity contribution in [3.8, 4) is 0 Å². The van der Waals surface area contributed by atoms with E-state index in [0.717, 1.165) is 19.3 Å². The summed E-state index contributed by atoms with van der Waals surface area (Å²) in [5.41, 5.74) is -1.48. The van der Waals surface area contributed by atoms with Gasteiger partial charge in [0.05, 0.1) is 0 Å². The zero-order valence-electron chi connectivity index (χ0n) is 15.5. The number of hydrogen-bond donors (Lipinski definition) is 2. The van der Waals surface area contributed by atoms with Gasteiger partial charge >= 0.3 is 11.9 Å². The number of carboxylic acids is 1. The van der Waals surface area contributed by atoms with Gasteiger partial charge in [0, 0.05) is 20.0 Å². The largest absolute Gasteiger partial charge is 0.478 e. The van der Waals surface area contributed by atoms with Gasteiger partial charge in [-0.05, 0) is 19.3 Å². The topological polar surface area (TPSA) is 83.8 Å². The van der Waals surface area contributed by atoms with E-state index in [2.05, 4.69) is 6.92 Å². The molecule has 0 radical (unpaired) electrons. The maximum absolute atomic E-state index is 11.6. The van der Waals surface area contributed by atoms with Crippen LogP contribution in [0.4, 0.5) is 0 Å². The summed E-state index contributed by atoms with van der Waals surface area (Å²) < 4.78 is 5.13. The van der Waals surface area contributed by atoms with Crippen molar-refractivity contribution >= 4 is 11.9 Å². The predicted molar refractivity (Wildman–Crippen MR) is 94.9 cm³/mol. The molecule has 142 valence electrons. The lowest BCUT2D eigenvalue weighted by Gasteiger charge is -2.28. The second kappa shape index (κ2) is 14.3. The number of hydrogen-bond acceptors (Lipinski definition) is 4. The van der Waals surface area contributed by atoms with Gasteiger partial charge < -0.3 is 14.9 Å². The molecule has 0 aromatic rings. The summed E-state index contributed by atoms with van der Waals surface area (Å²) in [6.45, 7) is 3.34. The van der Waals surface area contributed by atoms with Crippen molar-refractivity contribution in [2.75, 3.05) is 6.61 Å². The Morgan fingerprint density at radius 3 is 1.71 bits per heavy atom. The maximum Gasteiger partial charge on any atom is 0.348 e. The lowest BCUT2D eigenvalue weighted by Crippen LogP contribution is -2.43. The summed E-state index contributed by atoms with van der Waals surface area (Å²) in [7, 11) is 0. The van der Waals surface area contributed by atoms with E-state index in [1.54, 1.807) is 0 Å². The van der Waals surface area contributed by atoms with Crippen molar-refractivity contribution in [1.29, 1.82) is 0 Å². The summed E-state index contributed by atoms with van der Waals surface area (Å²) in [5, 5.41) is 18.4. The zero-order chi connectivity index (χ0) is 18.3. The highest BCUT2D eigenvalue weighted by atomic mass is 16.6. The molecule has 0 heterocycles. The Hall–Kier alpha value is -1.10. The van der Waals surface area contributed by atoms with E-state index in [9.17, 15) is 14.7 Å². The van der Waals surface area contributed by atoms with Crippen LogP contribution < -0.4 is 0 Å². The van der Waals surface area contributed by atoms with E-state index in [1.165, 1.54) is 51.9 Å². The molecular weight excluding hydrogens is 308 g/mol. The third-order valence-electron chi connectivity index (χ3n) is 4.40. The minimum Gasteiger partial charge on any atom is -0.478 e. The normalized spacial score (nSPS) is 13.5. The predicted octanol–water partition coefficient (Wildman–Crippen LogP) is 4.46. The fourth-order valence-electron chi connectivity index (χ4n) is 3.02. The smallest absolute Gasteiger partial charge is 0.348 e. The van der Waals surface area contributed by atoms with Crippen LogP contribution in [0.1, 0.15) is 97.3 Å². The van der Waals surface area contributed by atoms with Crippen LogP contribution in [0, 0.1) is 0 Å². The van der Waals surface area contributed by atoms with Crippen molar-refractivity contribution in [3.05, 3.63) is 0 Å². The molecule has 5 nitrogen and oxygen atoms in total. The van der Waals surface area contributed by atoms with Crippen LogP contribution in [0.15, 0.2) is 0 Å². The third-order valence-corrected chi connectivity index (χ3v) is 4.40. The van der Waals surface area contributed by atoms with Crippen LogP contribution in [0.5, 0.6) is 0 Å². The van der Waals surface area contributed by atoms with Crippen LogP contribution in [0.3, 0.4) is 0 Å². The highest BCUT2D eigenvalue weighted by Gasteiger charge is 2.40. The Kier molecular flexibility index (Phi) is 13.6. The molecule has 0 aliphatic heterocycles. The average molecular weight is 344 g/mol. The van der Waals surface area contributed by atoms with Gasteiger partial charge in [-0.2, -0.15) is 0 Å². The van der Waals surface area contributed by atoms with Crippen LogP contribution in [0.2, 0.25) is 0 Å². The molecule has 0 saturated carbocycles. The van der Waals surface area contributed by atoms with Gasteiger partial charge in [0.15, 0.2) is 0 Å². The molecular formula is C19H36O5. The van der Waals surface area contributed by atoms with Gasteiger partial charge in [0.1, 0.15) is 0 Å². The van der Waals surface area contributed by atoms with E-state index in [1.807, 2.05) is 0 Å². The van der Waals surface area contributed by atoms with Crippen LogP contribution >= 0.6 is 0 Å². The van der Waals surface area contributed by atoms with Gasteiger partial charge in [0.25, 0.3) is 0 Å². The van der Waals surface area contributed by atoms with Crippen molar-refractivity contribution in [2.24, 2.45) is 0 Å². The van der Waals surface area contributed by atoms with Crippen molar-refractivity contribution in [3.63, 3.8) is 0 Å². The number of ether oxygens (including phenoxy) is 1. The number of carboxylic acid groups (broad SMARTS) is 1. The van der Waals surface area contributed by atoms with Gasteiger partial charge in [0.2, 0.25) is 5.60 Å². The number of rotatable bonds is 16. The van der Waals surface area contributed by atoms with Gasteiger partial charge in [-0.1, -0.05) is 64.7 Å². The Morgan fingerprint density at radius 1 is 0.833 bits per heavy atom. The Labute approximate surface area is 146 Å². The number of carbonyl (C=O) groups is 2. The summed E-state index contributed by atoms with van der Waals surface area (Å²) in [6, 6.07) is 0. The van der Waals surface area contributed by atoms with Gasteiger partial charge in [-0.3, -0.25) is 4.79 Å². The fraction of sp³-hybridized carbons (Fsp3) is 0.895. The summed E-state index contributed by atoms with van der Waals surface area (Å²) >= 11 is 0. The van der Waals surface area contributed by atoms with E-state index in [0.29, 0.717) is 12.8 Å². The molecule has 0 aliphatic carbocycles. The first-order valence-electron chi connectivity index (χ1n) is 9.52. The van der Waals surface area contributed by atoms with E-state index in [4.69, 9.17) is 9.84 Å². The Bertz CT molecular complexity index is 343. The van der Waals surface area contributed by atoms with Crippen molar-refractivity contribution < 1.29 is 24.5 Å². The Balaban J connectivity index is 4.05.